The van der Waals surface area contributed by atoms with E-state index in [4.69, 9.17) is 18.9 Å². The van der Waals surface area contributed by atoms with Crippen molar-refractivity contribution in [2.75, 3.05) is 33.2 Å². The van der Waals surface area contributed by atoms with Gasteiger partial charge in [-0.3, -0.25) is 0 Å². The number of hydrogen-bond donors (Lipinski definition) is 1. The van der Waals surface area contributed by atoms with Crippen molar-refractivity contribution in [2.45, 2.75) is 38.4 Å². The van der Waals surface area contributed by atoms with Gasteiger partial charge in [-0.1, -0.05) is 0 Å². The fourth-order valence-corrected chi connectivity index (χ4v) is 2.64. The molecule has 1 heterocycles. The molecule has 118 valence electrons. The summed E-state index contributed by atoms with van der Waals surface area (Å²) in [7, 11) is 4.83. The van der Waals surface area contributed by atoms with Gasteiger partial charge < -0.3 is 24.3 Å². The van der Waals surface area contributed by atoms with E-state index in [2.05, 4.69) is 19.2 Å². The lowest BCUT2D eigenvalue weighted by molar-refractivity contribution is -0.00911. The molecule has 0 spiro atoms. The van der Waals surface area contributed by atoms with E-state index in [-0.39, 0.29) is 11.7 Å². The van der Waals surface area contributed by atoms with Gasteiger partial charge >= 0.3 is 0 Å². The van der Waals surface area contributed by atoms with Gasteiger partial charge in [0.1, 0.15) is 0 Å². The molecule has 1 saturated heterocycles. The van der Waals surface area contributed by atoms with Crippen LogP contribution in [0, 0.1) is 0 Å². The molecule has 0 bridgehead atoms. The molecule has 1 N–H and O–H groups in total. The average molecular weight is 295 g/mol. The van der Waals surface area contributed by atoms with Gasteiger partial charge in [0.05, 0.1) is 33.0 Å². The zero-order chi connectivity index (χ0) is 15.5. The first-order valence-electron chi connectivity index (χ1n) is 7.21. The number of rotatable bonds is 6. The third-order valence-electron chi connectivity index (χ3n) is 3.75. The first-order chi connectivity index (χ1) is 9.99. The number of anilines is 1. The summed E-state index contributed by atoms with van der Waals surface area (Å²) in [5, 5.41) is 3.38. The Balaban J connectivity index is 2.06. The summed E-state index contributed by atoms with van der Waals surface area (Å²) < 4.78 is 22.0. The standard InChI is InChI=1S/C16H25NO4/c1-16(2)7-6-12(21-16)10-17-11-8-13(18-3)15(20-5)14(9-11)19-4/h8-9,12,17H,6-7,10H2,1-5H3. The van der Waals surface area contributed by atoms with E-state index < -0.39 is 0 Å². The molecule has 0 radical (unpaired) electrons. The first-order valence-corrected chi connectivity index (χ1v) is 7.21. The largest absolute Gasteiger partial charge is 0.493 e. The molecule has 0 aromatic heterocycles. The SMILES string of the molecule is COc1cc(NCC2CCC(C)(C)O2)cc(OC)c1OC. The van der Waals surface area contributed by atoms with Crippen LogP contribution >= 0.6 is 0 Å². The second kappa shape index (κ2) is 6.43. The summed E-state index contributed by atoms with van der Waals surface area (Å²) >= 11 is 0. The smallest absolute Gasteiger partial charge is 0.203 e. The van der Waals surface area contributed by atoms with Crippen LogP contribution in [0.2, 0.25) is 0 Å². The number of methoxy groups -OCH3 is 3. The highest BCUT2D eigenvalue weighted by Crippen LogP contribution is 2.40. The van der Waals surface area contributed by atoms with Crippen LogP contribution in [0.25, 0.3) is 0 Å². The zero-order valence-corrected chi connectivity index (χ0v) is 13.5. The van der Waals surface area contributed by atoms with Crippen LogP contribution < -0.4 is 19.5 Å². The lowest BCUT2D eigenvalue weighted by Crippen LogP contribution is -2.24. The first kappa shape index (κ1) is 15.8. The lowest BCUT2D eigenvalue weighted by Gasteiger charge is -2.20. The van der Waals surface area contributed by atoms with Crippen molar-refractivity contribution in [2.24, 2.45) is 0 Å². The molecular formula is C16H25NO4. The van der Waals surface area contributed by atoms with Crippen LogP contribution in [0.3, 0.4) is 0 Å². The number of ether oxygens (including phenoxy) is 4. The van der Waals surface area contributed by atoms with Crippen molar-refractivity contribution < 1.29 is 18.9 Å². The maximum Gasteiger partial charge on any atom is 0.203 e. The molecular weight excluding hydrogens is 270 g/mol. The van der Waals surface area contributed by atoms with Crippen molar-refractivity contribution >= 4 is 5.69 Å². The molecule has 1 aliphatic rings. The molecule has 1 aliphatic heterocycles. The topological polar surface area (TPSA) is 49.0 Å². The molecule has 1 aromatic rings. The Bertz CT molecular complexity index is 462. The summed E-state index contributed by atoms with van der Waals surface area (Å²) in [6.45, 7) is 5.03. The second-order valence-corrected chi connectivity index (χ2v) is 5.83. The van der Waals surface area contributed by atoms with E-state index in [1.54, 1.807) is 21.3 Å². The number of nitrogens with one attached hydrogen (secondary N) is 1. The quantitative estimate of drug-likeness (QED) is 0.874. The zero-order valence-electron chi connectivity index (χ0n) is 13.5. The Labute approximate surface area is 126 Å². The van der Waals surface area contributed by atoms with E-state index in [1.807, 2.05) is 12.1 Å². The molecule has 1 atom stereocenters. The van der Waals surface area contributed by atoms with E-state index >= 15 is 0 Å². The maximum absolute atomic E-state index is 5.98. The monoisotopic (exact) mass is 295 g/mol. The van der Waals surface area contributed by atoms with Crippen molar-refractivity contribution in [3.05, 3.63) is 12.1 Å². The number of benzene rings is 1. The van der Waals surface area contributed by atoms with E-state index in [1.165, 1.54) is 0 Å². The minimum atomic E-state index is -0.0123. The highest BCUT2D eigenvalue weighted by Gasteiger charge is 2.31. The Morgan fingerprint density at radius 3 is 2.19 bits per heavy atom. The van der Waals surface area contributed by atoms with Crippen LogP contribution in [0.15, 0.2) is 12.1 Å². The van der Waals surface area contributed by atoms with Gasteiger partial charge in [0.15, 0.2) is 11.5 Å². The van der Waals surface area contributed by atoms with E-state index in [9.17, 15) is 0 Å². The molecule has 1 fully saturated rings. The maximum atomic E-state index is 5.98. The Morgan fingerprint density at radius 2 is 1.76 bits per heavy atom. The molecule has 0 saturated carbocycles. The minimum Gasteiger partial charge on any atom is -0.493 e. The Kier molecular flexibility index (Phi) is 4.83. The number of hydrogen-bond acceptors (Lipinski definition) is 5. The molecule has 5 heteroatoms. The highest BCUT2D eigenvalue weighted by atomic mass is 16.5. The van der Waals surface area contributed by atoms with Crippen molar-refractivity contribution in [1.29, 1.82) is 0 Å². The van der Waals surface area contributed by atoms with E-state index in [0.717, 1.165) is 25.1 Å². The van der Waals surface area contributed by atoms with Gasteiger partial charge in [-0.25, -0.2) is 0 Å². The highest BCUT2D eigenvalue weighted by molar-refractivity contribution is 5.62. The Hall–Kier alpha value is -1.62. The summed E-state index contributed by atoms with van der Waals surface area (Å²) in [6, 6.07) is 3.81. The molecule has 0 aliphatic carbocycles. The van der Waals surface area contributed by atoms with Crippen LogP contribution in [0.1, 0.15) is 26.7 Å². The Morgan fingerprint density at radius 1 is 1.14 bits per heavy atom. The van der Waals surface area contributed by atoms with Gasteiger partial charge in [-0.15, -0.1) is 0 Å². The normalized spacial score (nSPS) is 20.1. The molecule has 0 amide bonds. The van der Waals surface area contributed by atoms with Gasteiger partial charge in [0.25, 0.3) is 0 Å². The van der Waals surface area contributed by atoms with Gasteiger partial charge in [-0.2, -0.15) is 0 Å². The fraction of sp³-hybridized carbons (Fsp3) is 0.625. The van der Waals surface area contributed by atoms with Gasteiger partial charge in [0, 0.05) is 24.4 Å². The van der Waals surface area contributed by atoms with Crippen LogP contribution in [0.5, 0.6) is 17.2 Å². The molecule has 5 nitrogen and oxygen atoms in total. The summed E-state index contributed by atoms with van der Waals surface area (Å²) in [4.78, 5) is 0. The minimum absolute atomic E-state index is 0.0123. The van der Waals surface area contributed by atoms with Gasteiger partial charge in [-0.05, 0) is 26.7 Å². The van der Waals surface area contributed by atoms with Crippen molar-refractivity contribution in [1.82, 2.24) is 0 Å². The third-order valence-corrected chi connectivity index (χ3v) is 3.75. The summed E-state index contributed by atoms with van der Waals surface area (Å²) in [5.74, 6) is 1.89. The lowest BCUT2D eigenvalue weighted by atomic mass is 10.1. The molecule has 2 rings (SSSR count). The van der Waals surface area contributed by atoms with Gasteiger partial charge in [0.2, 0.25) is 5.75 Å². The molecule has 21 heavy (non-hydrogen) atoms. The average Bonchev–Trinajstić information content (AvgIpc) is 2.83. The third kappa shape index (κ3) is 3.73. The summed E-state index contributed by atoms with van der Waals surface area (Å²) in [6.07, 6.45) is 2.40. The molecule has 1 aromatic carbocycles. The summed E-state index contributed by atoms with van der Waals surface area (Å²) in [5.41, 5.74) is 0.916. The molecule has 1 unspecified atom stereocenters. The van der Waals surface area contributed by atoms with Crippen LogP contribution in [0.4, 0.5) is 5.69 Å². The predicted octanol–water partition coefficient (Wildman–Crippen LogP) is 3.08. The van der Waals surface area contributed by atoms with Crippen LogP contribution in [-0.2, 0) is 4.74 Å². The van der Waals surface area contributed by atoms with Crippen molar-refractivity contribution in [3.8, 4) is 17.2 Å². The predicted molar refractivity (Wildman–Crippen MR) is 82.8 cm³/mol. The fourth-order valence-electron chi connectivity index (χ4n) is 2.64. The van der Waals surface area contributed by atoms with E-state index in [0.29, 0.717) is 17.2 Å². The second-order valence-electron chi connectivity index (χ2n) is 5.83. The van der Waals surface area contributed by atoms with Crippen LogP contribution in [-0.4, -0.2) is 39.6 Å². The van der Waals surface area contributed by atoms with Crippen molar-refractivity contribution in [3.63, 3.8) is 0 Å².